The lowest BCUT2D eigenvalue weighted by Crippen LogP contribution is -2.13. The van der Waals surface area contributed by atoms with Crippen LogP contribution in [-0.2, 0) is 6.54 Å². The van der Waals surface area contributed by atoms with E-state index in [9.17, 15) is 0 Å². The van der Waals surface area contributed by atoms with Gasteiger partial charge in [-0.2, -0.15) is 0 Å². The number of hydrogen-bond acceptors (Lipinski definition) is 2. The van der Waals surface area contributed by atoms with E-state index in [2.05, 4.69) is 24.0 Å². The molecular formula is C13H14N2S. The van der Waals surface area contributed by atoms with Crippen molar-refractivity contribution in [3.05, 3.63) is 57.8 Å². The molecular weight excluding hydrogens is 216 g/mol. The highest BCUT2D eigenvalue weighted by Gasteiger charge is 1.98. The van der Waals surface area contributed by atoms with Crippen molar-refractivity contribution < 1.29 is 0 Å². The first-order valence-electron chi connectivity index (χ1n) is 5.16. The highest BCUT2D eigenvalue weighted by Crippen LogP contribution is 2.15. The molecule has 1 aromatic carbocycles. The molecule has 0 fully saturated rings. The lowest BCUT2D eigenvalue weighted by Gasteiger charge is -1.99. The number of thiophene rings is 1. The maximum atomic E-state index is 5.90. The summed E-state index contributed by atoms with van der Waals surface area (Å²) in [7, 11) is 0. The minimum atomic E-state index is 0.603. The molecule has 82 valence electrons. The third kappa shape index (κ3) is 2.70. The average Bonchev–Trinajstić information content (AvgIpc) is 2.73. The monoisotopic (exact) mass is 230 g/mol. The van der Waals surface area contributed by atoms with Gasteiger partial charge in [0.1, 0.15) is 5.84 Å². The molecule has 0 aliphatic rings. The number of amidine groups is 1. The molecule has 2 rings (SSSR count). The molecule has 0 bridgehead atoms. The number of hydrogen-bond donors (Lipinski definition) is 1. The van der Waals surface area contributed by atoms with Gasteiger partial charge in [-0.15, -0.1) is 11.3 Å². The van der Waals surface area contributed by atoms with Crippen molar-refractivity contribution in [3.8, 4) is 0 Å². The van der Waals surface area contributed by atoms with Crippen LogP contribution in [0.2, 0.25) is 0 Å². The van der Waals surface area contributed by atoms with Gasteiger partial charge in [-0.1, -0.05) is 30.3 Å². The van der Waals surface area contributed by atoms with Crippen molar-refractivity contribution in [2.45, 2.75) is 13.5 Å². The number of nitrogens with two attached hydrogens (primary N) is 1. The predicted molar refractivity (Wildman–Crippen MR) is 69.9 cm³/mol. The Morgan fingerprint density at radius 1 is 1.19 bits per heavy atom. The third-order valence-electron chi connectivity index (χ3n) is 2.27. The molecule has 2 aromatic rings. The van der Waals surface area contributed by atoms with Gasteiger partial charge in [0, 0.05) is 15.3 Å². The van der Waals surface area contributed by atoms with Crippen LogP contribution in [0.3, 0.4) is 0 Å². The van der Waals surface area contributed by atoms with Crippen LogP contribution in [0.5, 0.6) is 0 Å². The van der Waals surface area contributed by atoms with Crippen molar-refractivity contribution in [2.24, 2.45) is 10.7 Å². The van der Waals surface area contributed by atoms with Crippen LogP contribution in [0.1, 0.15) is 15.3 Å². The fraction of sp³-hybridized carbons (Fsp3) is 0.154. The second-order valence-electron chi connectivity index (χ2n) is 3.58. The van der Waals surface area contributed by atoms with Crippen molar-refractivity contribution in [1.82, 2.24) is 0 Å². The Morgan fingerprint density at radius 3 is 2.56 bits per heavy atom. The highest BCUT2D eigenvalue weighted by atomic mass is 32.1. The summed E-state index contributed by atoms with van der Waals surface area (Å²) in [4.78, 5) is 6.94. The topological polar surface area (TPSA) is 38.4 Å². The van der Waals surface area contributed by atoms with Crippen molar-refractivity contribution in [1.29, 1.82) is 0 Å². The molecule has 0 aliphatic heterocycles. The second-order valence-corrected chi connectivity index (χ2v) is 4.95. The normalized spacial score (nSPS) is 11.7. The average molecular weight is 230 g/mol. The summed E-state index contributed by atoms with van der Waals surface area (Å²) in [6.45, 7) is 2.76. The van der Waals surface area contributed by atoms with E-state index in [0.29, 0.717) is 12.4 Å². The summed E-state index contributed by atoms with van der Waals surface area (Å²) in [6, 6.07) is 14.0. The minimum Gasteiger partial charge on any atom is -0.383 e. The smallest absolute Gasteiger partial charge is 0.125 e. The fourth-order valence-electron chi connectivity index (χ4n) is 1.43. The minimum absolute atomic E-state index is 0.603. The summed E-state index contributed by atoms with van der Waals surface area (Å²) in [5.41, 5.74) is 6.89. The van der Waals surface area contributed by atoms with E-state index in [1.54, 1.807) is 11.3 Å². The van der Waals surface area contributed by atoms with Crippen LogP contribution in [0.25, 0.3) is 0 Å². The Morgan fingerprint density at radius 2 is 1.94 bits per heavy atom. The molecule has 16 heavy (non-hydrogen) atoms. The van der Waals surface area contributed by atoms with Gasteiger partial charge >= 0.3 is 0 Å². The van der Waals surface area contributed by atoms with Crippen LogP contribution in [0.15, 0.2) is 47.5 Å². The molecule has 0 unspecified atom stereocenters. The number of aryl methyl sites for hydroxylation is 1. The van der Waals surface area contributed by atoms with E-state index in [1.165, 1.54) is 9.75 Å². The van der Waals surface area contributed by atoms with Gasteiger partial charge in [-0.3, -0.25) is 4.99 Å². The summed E-state index contributed by atoms with van der Waals surface area (Å²) in [5.74, 6) is 0.603. The SMILES string of the molecule is Cc1ccc(CN=C(N)c2ccccc2)s1. The molecule has 0 saturated heterocycles. The zero-order chi connectivity index (χ0) is 11.4. The highest BCUT2D eigenvalue weighted by molar-refractivity contribution is 7.11. The van der Waals surface area contributed by atoms with Crippen LogP contribution in [0.4, 0.5) is 0 Å². The van der Waals surface area contributed by atoms with Crippen LogP contribution < -0.4 is 5.73 Å². The Bertz CT molecular complexity index is 486. The zero-order valence-electron chi connectivity index (χ0n) is 9.18. The van der Waals surface area contributed by atoms with Gasteiger partial charge in [0.2, 0.25) is 0 Å². The Balaban J connectivity index is 2.08. The first kappa shape index (κ1) is 10.9. The zero-order valence-corrected chi connectivity index (χ0v) is 10.00. The maximum absolute atomic E-state index is 5.90. The Labute approximate surface area is 99.5 Å². The quantitative estimate of drug-likeness (QED) is 0.639. The molecule has 0 atom stereocenters. The number of nitrogens with zero attached hydrogens (tertiary/aromatic N) is 1. The first-order valence-corrected chi connectivity index (χ1v) is 5.98. The van der Waals surface area contributed by atoms with Gasteiger partial charge in [-0.25, -0.2) is 0 Å². The van der Waals surface area contributed by atoms with E-state index in [-0.39, 0.29) is 0 Å². The maximum Gasteiger partial charge on any atom is 0.125 e. The molecule has 2 N–H and O–H groups in total. The number of aliphatic imine (C=N–C) groups is 1. The molecule has 2 nitrogen and oxygen atoms in total. The predicted octanol–water partition coefficient (Wildman–Crippen LogP) is 2.96. The van der Waals surface area contributed by atoms with Crippen LogP contribution in [0, 0.1) is 6.92 Å². The molecule has 0 radical (unpaired) electrons. The molecule has 1 heterocycles. The summed E-state index contributed by atoms with van der Waals surface area (Å²) in [6.07, 6.45) is 0. The summed E-state index contributed by atoms with van der Waals surface area (Å²) < 4.78 is 0. The lowest BCUT2D eigenvalue weighted by molar-refractivity contribution is 1.09. The van der Waals surface area contributed by atoms with Gasteiger partial charge in [0.05, 0.1) is 6.54 Å². The third-order valence-corrected chi connectivity index (χ3v) is 3.26. The Hall–Kier alpha value is -1.61. The molecule has 3 heteroatoms. The van der Waals surface area contributed by atoms with E-state index in [0.717, 1.165) is 5.56 Å². The summed E-state index contributed by atoms with van der Waals surface area (Å²) in [5, 5.41) is 0. The second kappa shape index (κ2) is 4.94. The van der Waals surface area contributed by atoms with Gasteiger partial charge in [0.25, 0.3) is 0 Å². The lowest BCUT2D eigenvalue weighted by atomic mass is 10.2. The van der Waals surface area contributed by atoms with Crippen molar-refractivity contribution >= 4 is 17.2 Å². The van der Waals surface area contributed by atoms with Crippen molar-refractivity contribution in [3.63, 3.8) is 0 Å². The van der Waals surface area contributed by atoms with Crippen LogP contribution >= 0.6 is 11.3 Å². The first-order chi connectivity index (χ1) is 7.75. The van der Waals surface area contributed by atoms with E-state index < -0.39 is 0 Å². The van der Waals surface area contributed by atoms with E-state index in [4.69, 9.17) is 5.73 Å². The summed E-state index contributed by atoms with van der Waals surface area (Å²) >= 11 is 1.76. The molecule has 1 aromatic heterocycles. The Kier molecular flexibility index (Phi) is 3.37. The largest absolute Gasteiger partial charge is 0.383 e. The molecule has 0 spiro atoms. The van der Waals surface area contributed by atoms with Gasteiger partial charge < -0.3 is 5.73 Å². The molecule has 0 saturated carbocycles. The van der Waals surface area contributed by atoms with E-state index >= 15 is 0 Å². The fourth-order valence-corrected chi connectivity index (χ4v) is 2.25. The van der Waals surface area contributed by atoms with Crippen molar-refractivity contribution in [2.75, 3.05) is 0 Å². The molecule has 0 aliphatic carbocycles. The van der Waals surface area contributed by atoms with Crippen LogP contribution in [-0.4, -0.2) is 5.84 Å². The number of rotatable bonds is 3. The standard InChI is InChI=1S/C13H14N2S/c1-10-7-8-12(16-10)9-15-13(14)11-5-3-2-4-6-11/h2-8H,9H2,1H3,(H2,14,15). The van der Waals surface area contributed by atoms with E-state index in [1.807, 2.05) is 30.3 Å². The van der Waals surface area contributed by atoms with Gasteiger partial charge in [0.15, 0.2) is 0 Å². The molecule has 0 amide bonds. The van der Waals surface area contributed by atoms with Gasteiger partial charge in [-0.05, 0) is 19.1 Å². The number of benzene rings is 1.